The number of benzene rings is 1. The van der Waals surface area contributed by atoms with Gasteiger partial charge in [0.1, 0.15) is 5.69 Å². The van der Waals surface area contributed by atoms with E-state index in [1.165, 1.54) is 16.9 Å². The van der Waals surface area contributed by atoms with E-state index in [0.29, 0.717) is 16.8 Å². The highest BCUT2D eigenvalue weighted by molar-refractivity contribution is 9.10. The number of anilines is 1. The summed E-state index contributed by atoms with van der Waals surface area (Å²) in [6.45, 7) is 0.669. The number of aryl methyl sites for hydroxylation is 1. The van der Waals surface area contributed by atoms with Gasteiger partial charge in [0.25, 0.3) is 5.91 Å². The Hall–Kier alpha value is -2.46. The molecular formula is C17H15Br2N5O3. The first-order chi connectivity index (χ1) is 12.9. The number of carboxylic acid groups (broad SMARTS) is 1. The van der Waals surface area contributed by atoms with Crippen molar-refractivity contribution in [2.45, 2.75) is 19.5 Å². The van der Waals surface area contributed by atoms with E-state index in [2.05, 4.69) is 47.4 Å². The number of halogens is 2. The maximum Gasteiger partial charge on any atom is 0.305 e. The van der Waals surface area contributed by atoms with Gasteiger partial charge in [-0.05, 0) is 39.7 Å². The maximum absolute atomic E-state index is 12.5. The van der Waals surface area contributed by atoms with E-state index in [1.54, 1.807) is 10.9 Å². The first kappa shape index (κ1) is 19.3. The lowest BCUT2D eigenvalue weighted by Gasteiger charge is -2.06. The van der Waals surface area contributed by atoms with Gasteiger partial charge in [-0.3, -0.25) is 19.0 Å². The van der Waals surface area contributed by atoms with Crippen molar-refractivity contribution < 1.29 is 14.7 Å². The van der Waals surface area contributed by atoms with Gasteiger partial charge in [0, 0.05) is 16.9 Å². The van der Waals surface area contributed by atoms with E-state index in [9.17, 15) is 9.59 Å². The first-order valence-corrected chi connectivity index (χ1v) is 9.53. The molecule has 0 saturated carbocycles. The lowest BCUT2D eigenvalue weighted by atomic mass is 10.2. The molecule has 10 heteroatoms. The van der Waals surface area contributed by atoms with Gasteiger partial charge in [-0.2, -0.15) is 10.2 Å². The van der Waals surface area contributed by atoms with Crippen LogP contribution in [-0.2, 0) is 17.9 Å². The van der Waals surface area contributed by atoms with E-state index in [4.69, 9.17) is 5.11 Å². The lowest BCUT2D eigenvalue weighted by Crippen LogP contribution is -2.19. The molecule has 0 aliphatic rings. The lowest BCUT2D eigenvalue weighted by molar-refractivity contribution is -0.137. The van der Waals surface area contributed by atoms with Gasteiger partial charge < -0.3 is 10.4 Å². The van der Waals surface area contributed by atoms with Gasteiger partial charge in [-0.25, -0.2) is 0 Å². The van der Waals surface area contributed by atoms with Gasteiger partial charge in [-0.1, -0.05) is 28.1 Å². The molecule has 2 heterocycles. The molecule has 0 spiro atoms. The largest absolute Gasteiger partial charge is 0.481 e. The second-order valence-electron chi connectivity index (χ2n) is 5.69. The third-order valence-corrected chi connectivity index (χ3v) is 4.80. The average molecular weight is 497 g/mol. The highest BCUT2D eigenvalue weighted by atomic mass is 79.9. The monoisotopic (exact) mass is 495 g/mol. The molecule has 0 saturated heterocycles. The van der Waals surface area contributed by atoms with Crippen LogP contribution in [0, 0.1) is 0 Å². The van der Waals surface area contributed by atoms with Gasteiger partial charge in [0.2, 0.25) is 0 Å². The summed E-state index contributed by atoms with van der Waals surface area (Å²) in [5, 5.41) is 19.9. The Bertz CT molecular complexity index is 965. The van der Waals surface area contributed by atoms with E-state index in [1.807, 2.05) is 24.3 Å². The van der Waals surface area contributed by atoms with Crippen LogP contribution < -0.4 is 5.32 Å². The third-order valence-electron chi connectivity index (χ3n) is 3.69. The zero-order valence-corrected chi connectivity index (χ0v) is 17.1. The standard InChI is InChI=1S/C17H15Br2N5O3/c18-12-3-1-11(2-4-12)9-23-10-13(19)16(22-23)21-17(27)14-5-7-20-24(14)8-6-15(25)26/h1-5,7,10H,6,8-9H2,(H,25,26)(H,21,22,27). The third kappa shape index (κ3) is 5.04. The molecule has 0 aliphatic carbocycles. The number of nitrogens with one attached hydrogen (secondary N) is 1. The van der Waals surface area contributed by atoms with Crippen molar-refractivity contribution in [2.75, 3.05) is 5.32 Å². The van der Waals surface area contributed by atoms with Crippen LogP contribution in [0.5, 0.6) is 0 Å². The molecule has 8 nitrogen and oxygen atoms in total. The Morgan fingerprint density at radius 1 is 1.15 bits per heavy atom. The molecule has 1 aromatic carbocycles. The fraction of sp³-hybridized carbons (Fsp3) is 0.176. The van der Waals surface area contributed by atoms with Gasteiger partial charge in [0.05, 0.1) is 24.0 Å². The van der Waals surface area contributed by atoms with Gasteiger partial charge >= 0.3 is 5.97 Å². The predicted octanol–water partition coefficient (Wildman–Crippen LogP) is 3.38. The number of carbonyl (C=O) groups excluding carboxylic acids is 1. The van der Waals surface area contributed by atoms with Crippen molar-refractivity contribution >= 4 is 49.6 Å². The fourth-order valence-electron chi connectivity index (χ4n) is 2.42. The summed E-state index contributed by atoms with van der Waals surface area (Å²) < 4.78 is 4.71. The fourth-order valence-corrected chi connectivity index (χ4v) is 3.10. The molecule has 0 aliphatic heterocycles. The van der Waals surface area contributed by atoms with Crippen LogP contribution in [0.4, 0.5) is 5.82 Å². The molecule has 140 valence electrons. The molecular weight excluding hydrogens is 482 g/mol. The smallest absolute Gasteiger partial charge is 0.305 e. The van der Waals surface area contributed by atoms with Gasteiger partial charge in [-0.15, -0.1) is 0 Å². The number of aliphatic carboxylic acids is 1. The molecule has 2 aromatic heterocycles. The van der Waals surface area contributed by atoms with Crippen LogP contribution >= 0.6 is 31.9 Å². The number of rotatable bonds is 7. The topological polar surface area (TPSA) is 102 Å². The molecule has 0 fully saturated rings. The molecule has 27 heavy (non-hydrogen) atoms. The first-order valence-electron chi connectivity index (χ1n) is 7.95. The minimum atomic E-state index is -0.953. The Morgan fingerprint density at radius 2 is 1.89 bits per heavy atom. The highest BCUT2D eigenvalue weighted by Gasteiger charge is 2.16. The van der Waals surface area contributed by atoms with Crippen molar-refractivity contribution in [2.24, 2.45) is 0 Å². The molecule has 0 radical (unpaired) electrons. The van der Waals surface area contributed by atoms with Crippen LogP contribution in [-0.4, -0.2) is 36.5 Å². The van der Waals surface area contributed by atoms with Crippen LogP contribution in [0.2, 0.25) is 0 Å². The number of hydrogen-bond acceptors (Lipinski definition) is 4. The quantitative estimate of drug-likeness (QED) is 0.522. The normalized spacial score (nSPS) is 10.7. The Kier molecular flexibility index (Phi) is 6.07. The Labute approximate surface area is 171 Å². The summed E-state index contributed by atoms with van der Waals surface area (Å²) in [6.07, 6.45) is 3.12. The minimum absolute atomic E-state index is 0.115. The molecule has 0 bridgehead atoms. The SMILES string of the molecule is O=C(O)CCn1nccc1C(=O)Nc1nn(Cc2ccc(Br)cc2)cc1Br. The molecule has 3 rings (SSSR count). The molecule has 3 aromatic rings. The predicted molar refractivity (Wildman–Crippen MR) is 106 cm³/mol. The summed E-state index contributed by atoms with van der Waals surface area (Å²) in [4.78, 5) is 23.2. The van der Waals surface area contributed by atoms with E-state index < -0.39 is 11.9 Å². The highest BCUT2D eigenvalue weighted by Crippen LogP contribution is 2.22. The number of aromatic nitrogens is 4. The summed E-state index contributed by atoms with van der Waals surface area (Å²) >= 11 is 6.80. The number of amides is 1. The van der Waals surface area contributed by atoms with Gasteiger partial charge in [0.15, 0.2) is 5.82 Å². The van der Waals surface area contributed by atoms with Crippen molar-refractivity contribution in [3.63, 3.8) is 0 Å². The summed E-state index contributed by atoms with van der Waals surface area (Å²) in [6, 6.07) is 9.41. The van der Waals surface area contributed by atoms with E-state index in [0.717, 1.165) is 10.0 Å². The Morgan fingerprint density at radius 3 is 2.59 bits per heavy atom. The van der Waals surface area contributed by atoms with Crippen LogP contribution in [0.25, 0.3) is 0 Å². The van der Waals surface area contributed by atoms with Crippen LogP contribution in [0.3, 0.4) is 0 Å². The second kappa shape index (κ2) is 8.49. The number of nitrogens with zero attached hydrogens (tertiary/aromatic N) is 4. The zero-order valence-electron chi connectivity index (χ0n) is 14.0. The summed E-state index contributed by atoms with van der Waals surface area (Å²) in [7, 11) is 0. The van der Waals surface area contributed by atoms with Crippen molar-refractivity contribution in [1.82, 2.24) is 19.6 Å². The zero-order chi connectivity index (χ0) is 19.4. The number of carbonyl (C=O) groups is 2. The molecule has 1 amide bonds. The second-order valence-corrected chi connectivity index (χ2v) is 7.46. The number of carboxylic acids is 1. The van der Waals surface area contributed by atoms with E-state index in [-0.39, 0.29) is 18.7 Å². The Balaban J connectivity index is 1.70. The average Bonchev–Trinajstić information content (AvgIpc) is 3.22. The van der Waals surface area contributed by atoms with Crippen LogP contribution in [0.15, 0.2) is 51.7 Å². The molecule has 0 unspecified atom stereocenters. The molecule has 2 N–H and O–H groups in total. The summed E-state index contributed by atoms with van der Waals surface area (Å²) in [5.41, 5.74) is 1.34. The van der Waals surface area contributed by atoms with E-state index >= 15 is 0 Å². The van der Waals surface area contributed by atoms with Crippen molar-refractivity contribution in [3.8, 4) is 0 Å². The van der Waals surface area contributed by atoms with Crippen molar-refractivity contribution in [3.05, 3.63) is 62.9 Å². The minimum Gasteiger partial charge on any atom is -0.481 e. The maximum atomic E-state index is 12.5. The number of hydrogen-bond donors (Lipinski definition) is 2. The van der Waals surface area contributed by atoms with Crippen molar-refractivity contribution in [1.29, 1.82) is 0 Å². The molecule has 0 atom stereocenters. The summed E-state index contributed by atoms with van der Waals surface area (Å²) in [5.74, 6) is -0.984. The van der Waals surface area contributed by atoms with Crippen LogP contribution in [0.1, 0.15) is 22.5 Å².